The van der Waals surface area contributed by atoms with E-state index >= 15 is 0 Å². The van der Waals surface area contributed by atoms with Gasteiger partial charge in [-0.05, 0) is 24.3 Å². The summed E-state index contributed by atoms with van der Waals surface area (Å²) >= 11 is 0. The lowest BCUT2D eigenvalue weighted by Crippen LogP contribution is -2.14. The van der Waals surface area contributed by atoms with Crippen LogP contribution in [0.5, 0.6) is 0 Å². The molecule has 2 aromatic rings. The van der Waals surface area contributed by atoms with Gasteiger partial charge in [-0.2, -0.15) is 18.3 Å². The smallest absolute Gasteiger partial charge is 0.399 e. The van der Waals surface area contributed by atoms with Gasteiger partial charge in [-0.1, -0.05) is 0 Å². The molecule has 108 valence electrons. The van der Waals surface area contributed by atoms with Gasteiger partial charge in [0.1, 0.15) is 0 Å². The first-order valence-electron chi connectivity index (χ1n) is 6.05. The number of aromatic nitrogens is 2. The number of nitrogens with one attached hydrogen (secondary N) is 1. The Kier molecular flexibility index (Phi) is 3.87. The van der Waals surface area contributed by atoms with Crippen LogP contribution in [-0.2, 0) is 19.6 Å². The Bertz CT molecular complexity index is 590. The summed E-state index contributed by atoms with van der Waals surface area (Å²) in [6.45, 7) is 0.381. The van der Waals surface area contributed by atoms with Gasteiger partial charge < -0.3 is 11.1 Å². The second-order valence-corrected chi connectivity index (χ2v) is 4.43. The summed E-state index contributed by atoms with van der Waals surface area (Å²) in [6.07, 6.45) is -2.19. The van der Waals surface area contributed by atoms with E-state index in [9.17, 15) is 13.2 Å². The minimum atomic E-state index is -4.43. The highest BCUT2D eigenvalue weighted by Gasteiger charge is 2.33. The molecule has 1 aromatic carbocycles. The van der Waals surface area contributed by atoms with E-state index < -0.39 is 11.7 Å². The van der Waals surface area contributed by atoms with Crippen LogP contribution in [0.15, 0.2) is 30.5 Å². The van der Waals surface area contributed by atoms with Crippen LogP contribution in [0.25, 0.3) is 0 Å². The summed E-state index contributed by atoms with van der Waals surface area (Å²) in [7, 11) is 1.79. The summed E-state index contributed by atoms with van der Waals surface area (Å²) < 4.78 is 40.3. The quantitative estimate of drug-likeness (QED) is 0.849. The number of alkyl halides is 3. The maximum absolute atomic E-state index is 12.9. The van der Waals surface area contributed by atoms with E-state index in [1.807, 2.05) is 6.07 Å². The molecule has 0 radical (unpaired) electrons. The Morgan fingerprint density at radius 1 is 1.30 bits per heavy atom. The number of aryl methyl sites for hydroxylation is 1. The van der Waals surface area contributed by atoms with Crippen LogP contribution in [0.2, 0.25) is 0 Å². The van der Waals surface area contributed by atoms with Crippen LogP contribution in [0.3, 0.4) is 0 Å². The Morgan fingerprint density at radius 2 is 2.05 bits per heavy atom. The van der Waals surface area contributed by atoms with Crippen molar-refractivity contribution < 1.29 is 13.2 Å². The van der Waals surface area contributed by atoms with Crippen molar-refractivity contribution in [3.05, 3.63) is 41.7 Å². The molecule has 0 amide bonds. The number of rotatable bonds is 4. The van der Waals surface area contributed by atoms with E-state index in [4.69, 9.17) is 5.73 Å². The fourth-order valence-corrected chi connectivity index (χ4v) is 1.92. The van der Waals surface area contributed by atoms with Gasteiger partial charge in [0.05, 0.1) is 5.56 Å². The molecule has 0 bridgehead atoms. The van der Waals surface area contributed by atoms with Gasteiger partial charge in [-0.25, -0.2) is 0 Å². The zero-order valence-electron chi connectivity index (χ0n) is 10.9. The molecular formula is C13H15F3N4. The van der Waals surface area contributed by atoms with Crippen molar-refractivity contribution in [3.8, 4) is 0 Å². The third-order valence-electron chi connectivity index (χ3n) is 2.97. The van der Waals surface area contributed by atoms with Gasteiger partial charge in [0.2, 0.25) is 0 Å². The van der Waals surface area contributed by atoms with E-state index in [2.05, 4.69) is 10.4 Å². The molecule has 0 fully saturated rings. The molecule has 1 heterocycles. The molecule has 7 heteroatoms. The van der Waals surface area contributed by atoms with Gasteiger partial charge >= 0.3 is 6.18 Å². The fourth-order valence-electron chi connectivity index (χ4n) is 1.92. The van der Waals surface area contributed by atoms with Crippen molar-refractivity contribution in [1.29, 1.82) is 0 Å². The van der Waals surface area contributed by atoms with Gasteiger partial charge in [-0.3, -0.25) is 4.68 Å². The predicted octanol–water partition coefficient (Wildman–Crippen LogP) is 2.68. The summed E-state index contributed by atoms with van der Waals surface area (Å²) in [5, 5.41) is 6.80. The van der Waals surface area contributed by atoms with Gasteiger partial charge in [0.15, 0.2) is 0 Å². The number of nitrogens with two attached hydrogens (primary N) is 1. The van der Waals surface area contributed by atoms with Crippen molar-refractivity contribution in [2.75, 3.05) is 17.6 Å². The highest BCUT2D eigenvalue weighted by Crippen LogP contribution is 2.35. The Hall–Kier alpha value is -2.18. The van der Waals surface area contributed by atoms with Gasteiger partial charge in [0, 0.05) is 43.3 Å². The minimum absolute atomic E-state index is 0.0360. The second kappa shape index (κ2) is 5.44. The normalized spacial score (nSPS) is 11.6. The van der Waals surface area contributed by atoms with Crippen molar-refractivity contribution >= 4 is 11.4 Å². The molecule has 0 aliphatic heterocycles. The number of hydrogen-bond donors (Lipinski definition) is 2. The zero-order valence-corrected chi connectivity index (χ0v) is 10.9. The van der Waals surface area contributed by atoms with Crippen molar-refractivity contribution in [1.82, 2.24) is 9.78 Å². The monoisotopic (exact) mass is 284 g/mol. The highest BCUT2D eigenvalue weighted by molar-refractivity contribution is 5.59. The molecule has 1 aromatic heterocycles. The van der Waals surface area contributed by atoms with Crippen molar-refractivity contribution in [2.24, 2.45) is 7.05 Å². The maximum Gasteiger partial charge on any atom is 0.418 e. The topological polar surface area (TPSA) is 55.9 Å². The Balaban J connectivity index is 2.08. The van der Waals surface area contributed by atoms with E-state index in [-0.39, 0.29) is 11.4 Å². The number of anilines is 2. The van der Waals surface area contributed by atoms with E-state index in [1.54, 1.807) is 17.9 Å². The molecule has 3 N–H and O–H groups in total. The van der Waals surface area contributed by atoms with E-state index in [0.29, 0.717) is 13.0 Å². The molecule has 0 unspecified atom stereocenters. The molecule has 0 saturated carbocycles. The first kappa shape index (κ1) is 14.2. The third kappa shape index (κ3) is 3.23. The number of halogens is 3. The SMILES string of the molecule is Cn1nccc1CCNc1ccc(N)cc1C(F)(F)F. The standard InChI is InChI=1S/C13H15F3N4/c1-20-10(5-7-19-20)4-6-18-12-3-2-9(17)8-11(12)13(14,15)16/h2-3,5,7-8,18H,4,6,17H2,1H3. The number of nitrogens with zero attached hydrogens (tertiary/aromatic N) is 2. The molecule has 20 heavy (non-hydrogen) atoms. The predicted molar refractivity (Wildman–Crippen MR) is 71.3 cm³/mol. The molecule has 4 nitrogen and oxygen atoms in total. The number of benzene rings is 1. The average Bonchev–Trinajstić information content (AvgIpc) is 2.76. The number of hydrogen-bond acceptors (Lipinski definition) is 3. The first-order chi connectivity index (χ1) is 9.38. The van der Waals surface area contributed by atoms with Crippen LogP contribution in [0.1, 0.15) is 11.3 Å². The Morgan fingerprint density at radius 3 is 2.65 bits per heavy atom. The zero-order chi connectivity index (χ0) is 14.8. The summed E-state index contributed by atoms with van der Waals surface area (Å²) in [6, 6.07) is 5.56. The van der Waals surface area contributed by atoms with E-state index in [0.717, 1.165) is 11.8 Å². The van der Waals surface area contributed by atoms with Gasteiger partial charge in [0.25, 0.3) is 0 Å². The van der Waals surface area contributed by atoms with Crippen molar-refractivity contribution in [3.63, 3.8) is 0 Å². The largest absolute Gasteiger partial charge is 0.418 e. The van der Waals surface area contributed by atoms with Crippen LogP contribution in [-0.4, -0.2) is 16.3 Å². The minimum Gasteiger partial charge on any atom is -0.399 e. The number of nitrogen functional groups attached to an aromatic ring is 1. The second-order valence-electron chi connectivity index (χ2n) is 4.43. The third-order valence-corrected chi connectivity index (χ3v) is 2.97. The average molecular weight is 284 g/mol. The lowest BCUT2D eigenvalue weighted by atomic mass is 10.1. The van der Waals surface area contributed by atoms with Crippen LogP contribution >= 0.6 is 0 Å². The molecule has 0 spiro atoms. The molecule has 2 rings (SSSR count). The highest BCUT2D eigenvalue weighted by atomic mass is 19.4. The molecule has 0 saturated heterocycles. The summed E-state index contributed by atoms with van der Waals surface area (Å²) in [5.74, 6) is 0. The van der Waals surface area contributed by atoms with Crippen LogP contribution in [0.4, 0.5) is 24.5 Å². The fraction of sp³-hybridized carbons (Fsp3) is 0.308. The molecule has 0 atom stereocenters. The molecule has 0 aliphatic rings. The molecule has 0 aliphatic carbocycles. The van der Waals surface area contributed by atoms with Crippen LogP contribution in [0, 0.1) is 0 Å². The van der Waals surface area contributed by atoms with E-state index in [1.165, 1.54) is 12.1 Å². The van der Waals surface area contributed by atoms with Crippen molar-refractivity contribution in [2.45, 2.75) is 12.6 Å². The lowest BCUT2D eigenvalue weighted by molar-refractivity contribution is -0.136. The summed E-state index contributed by atoms with van der Waals surface area (Å²) in [5.41, 5.74) is 5.74. The van der Waals surface area contributed by atoms with Crippen LogP contribution < -0.4 is 11.1 Å². The molecular weight excluding hydrogens is 269 g/mol. The Labute approximate surface area is 114 Å². The lowest BCUT2D eigenvalue weighted by Gasteiger charge is -2.15. The first-order valence-corrected chi connectivity index (χ1v) is 6.05. The summed E-state index contributed by atoms with van der Waals surface area (Å²) in [4.78, 5) is 0. The van der Waals surface area contributed by atoms with Gasteiger partial charge in [-0.15, -0.1) is 0 Å². The maximum atomic E-state index is 12.9.